The third-order valence-corrected chi connectivity index (χ3v) is 3.77. The molecule has 0 radical (unpaired) electrons. The number of nitrogens with one attached hydrogen (secondary N) is 2. The summed E-state index contributed by atoms with van der Waals surface area (Å²) in [6.07, 6.45) is 0.0823. The molecule has 0 heterocycles. The van der Waals surface area contributed by atoms with Crippen LogP contribution in [0, 0.1) is 0 Å². The van der Waals surface area contributed by atoms with E-state index in [1.54, 1.807) is 50.4 Å². The molecule has 2 N–H and O–H groups in total. The number of hydrazone groups is 1. The number of rotatable bonds is 6. The molecule has 7 heteroatoms. The second-order valence-corrected chi connectivity index (χ2v) is 6.16. The van der Waals surface area contributed by atoms with Gasteiger partial charge in [-0.15, -0.1) is 0 Å². The van der Waals surface area contributed by atoms with Gasteiger partial charge in [-0.05, 0) is 55.5 Å². The van der Waals surface area contributed by atoms with Crippen LogP contribution >= 0.6 is 15.9 Å². The second kappa shape index (κ2) is 8.98. The van der Waals surface area contributed by atoms with Gasteiger partial charge in [0.05, 0.1) is 13.5 Å². The summed E-state index contributed by atoms with van der Waals surface area (Å²) in [7, 11) is 1.56. The summed E-state index contributed by atoms with van der Waals surface area (Å²) in [6.45, 7) is 1.68. The van der Waals surface area contributed by atoms with E-state index in [9.17, 15) is 9.59 Å². The van der Waals surface area contributed by atoms with Gasteiger partial charge in [0, 0.05) is 21.4 Å². The standard InChI is InChI=1S/C18H18BrN3O3/c1-12(11-17(23)20-15-7-5-14(19)6-8-15)21-22-18(24)13-3-9-16(25-2)10-4-13/h3-10H,11H2,1-2H3,(H,20,23)(H,22,24)/b21-12-. The zero-order valence-electron chi connectivity index (χ0n) is 13.9. The Morgan fingerprint density at radius 1 is 1.08 bits per heavy atom. The zero-order valence-corrected chi connectivity index (χ0v) is 15.5. The number of hydrogen-bond donors (Lipinski definition) is 2. The van der Waals surface area contributed by atoms with Crippen molar-refractivity contribution in [1.29, 1.82) is 0 Å². The summed E-state index contributed by atoms with van der Waals surface area (Å²) in [5, 5.41) is 6.72. The van der Waals surface area contributed by atoms with Crippen LogP contribution in [0.15, 0.2) is 58.1 Å². The van der Waals surface area contributed by atoms with Gasteiger partial charge in [0.2, 0.25) is 5.91 Å². The molecule has 2 aromatic rings. The molecule has 0 aliphatic heterocycles. The maximum atomic E-state index is 12.0. The van der Waals surface area contributed by atoms with Crippen LogP contribution in [0.2, 0.25) is 0 Å². The van der Waals surface area contributed by atoms with Crippen molar-refractivity contribution in [2.24, 2.45) is 5.10 Å². The number of nitrogens with zero attached hydrogens (tertiary/aromatic N) is 1. The number of amides is 2. The second-order valence-electron chi connectivity index (χ2n) is 5.25. The fraction of sp³-hybridized carbons (Fsp3) is 0.167. The van der Waals surface area contributed by atoms with Gasteiger partial charge in [0.15, 0.2) is 0 Å². The van der Waals surface area contributed by atoms with Gasteiger partial charge < -0.3 is 10.1 Å². The molecule has 2 amide bonds. The van der Waals surface area contributed by atoms with Crippen LogP contribution < -0.4 is 15.5 Å². The van der Waals surface area contributed by atoms with E-state index in [0.29, 0.717) is 22.7 Å². The number of carbonyl (C=O) groups excluding carboxylic acids is 2. The van der Waals surface area contributed by atoms with Crippen molar-refractivity contribution in [3.63, 3.8) is 0 Å². The Morgan fingerprint density at radius 3 is 2.32 bits per heavy atom. The number of ether oxygens (including phenoxy) is 1. The van der Waals surface area contributed by atoms with Crippen molar-refractivity contribution in [3.05, 3.63) is 58.6 Å². The van der Waals surface area contributed by atoms with Crippen LogP contribution in [0.3, 0.4) is 0 Å². The maximum Gasteiger partial charge on any atom is 0.271 e. The average Bonchev–Trinajstić information content (AvgIpc) is 2.61. The largest absolute Gasteiger partial charge is 0.497 e. The molecule has 0 bridgehead atoms. The highest BCUT2D eigenvalue weighted by molar-refractivity contribution is 9.10. The molecule has 2 aromatic carbocycles. The first kappa shape index (κ1) is 18.7. The lowest BCUT2D eigenvalue weighted by molar-refractivity contribution is -0.115. The Labute approximate surface area is 154 Å². The minimum Gasteiger partial charge on any atom is -0.497 e. The summed E-state index contributed by atoms with van der Waals surface area (Å²) in [6, 6.07) is 13.9. The third kappa shape index (κ3) is 6.04. The van der Waals surface area contributed by atoms with Crippen LogP contribution in [0.25, 0.3) is 0 Å². The molecular weight excluding hydrogens is 386 g/mol. The molecule has 0 aliphatic carbocycles. The number of methoxy groups -OCH3 is 1. The van der Waals surface area contributed by atoms with E-state index in [-0.39, 0.29) is 18.2 Å². The van der Waals surface area contributed by atoms with Gasteiger partial charge in [0.25, 0.3) is 5.91 Å². The molecule has 25 heavy (non-hydrogen) atoms. The number of hydrogen-bond acceptors (Lipinski definition) is 4. The van der Waals surface area contributed by atoms with Crippen LogP contribution in [-0.4, -0.2) is 24.6 Å². The number of carbonyl (C=O) groups is 2. The van der Waals surface area contributed by atoms with Crippen LogP contribution in [0.4, 0.5) is 5.69 Å². The summed E-state index contributed by atoms with van der Waals surface area (Å²) in [5.74, 6) is 0.110. The predicted molar refractivity (Wildman–Crippen MR) is 101 cm³/mol. The van der Waals surface area contributed by atoms with Crippen molar-refractivity contribution in [2.45, 2.75) is 13.3 Å². The fourth-order valence-corrected chi connectivity index (χ4v) is 2.23. The smallest absolute Gasteiger partial charge is 0.271 e. The monoisotopic (exact) mass is 403 g/mol. The first-order valence-electron chi connectivity index (χ1n) is 7.51. The molecule has 2 rings (SSSR count). The van der Waals surface area contributed by atoms with Crippen molar-refractivity contribution in [1.82, 2.24) is 5.43 Å². The number of anilines is 1. The third-order valence-electron chi connectivity index (χ3n) is 3.24. The van der Waals surface area contributed by atoms with Crippen LogP contribution in [0.5, 0.6) is 5.75 Å². The highest BCUT2D eigenvalue weighted by Gasteiger charge is 2.07. The Hall–Kier alpha value is -2.67. The van der Waals surface area contributed by atoms with Gasteiger partial charge >= 0.3 is 0 Å². The van der Waals surface area contributed by atoms with Gasteiger partial charge in [-0.2, -0.15) is 5.10 Å². The van der Waals surface area contributed by atoms with Gasteiger partial charge in [-0.3, -0.25) is 9.59 Å². The van der Waals surface area contributed by atoms with Gasteiger partial charge in [-0.25, -0.2) is 5.43 Å². The SMILES string of the molecule is COc1ccc(C(=O)N/N=C(/C)CC(=O)Nc2ccc(Br)cc2)cc1. The molecule has 130 valence electrons. The van der Waals surface area contributed by atoms with Crippen LogP contribution in [0.1, 0.15) is 23.7 Å². The molecule has 6 nitrogen and oxygen atoms in total. The maximum absolute atomic E-state index is 12.0. The topological polar surface area (TPSA) is 79.8 Å². The molecule has 0 aromatic heterocycles. The predicted octanol–water partition coefficient (Wildman–Crippen LogP) is 3.59. The molecule has 0 fully saturated rings. The number of benzene rings is 2. The van der Waals surface area contributed by atoms with E-state index in [1.165, 1.54) is 0 Å². The average molecular weight is 404 g/mol. The molecule has 0 atom stereocenters. The summed E-state index contributed by atoms with van der Waals surface area (Å²) < 4.78 is 5.97. The first-order chi connectivity index (χ1) is 12.0. The molecule has 0 aliphatic rings. The first-order valence-corrected chi connectivity index (χ1v) is 8.30. The summed E-state index contributed by atoms with van der Waals surface area (Å²) in [5.41, 5.74) is 4.08. The molecule has 0 saturated heterocycles. The highest BCUT2D eigenvalue weighted by atomic mass is 79.9. The fourth-order valence-electron chi connectivity index (χ4n) is 1.96. The van der Waals surface area contributed by atoms with E-state index in [1.807, 2.05) is 12.1 Å². The van der Waals surface area contributed by atoms with E-state index in [2.05, 4.69) is 31.8 Å². The molecule has 0 saturated carbocycles. The summed E-state index contributed by atoms with van der Waals surface area (Å²) >= 11 is 3.33. The molecule has 0 spiro atoms. The summed E-state index contributed by atoms with van der Waals surface area (Å²) in [4.78, 5) is 24.0. The van der Waals surface area contributed by atoms with E-state index in [0.717, 1.165) is 4.47 Å². The van der Waals surface area contributed by atoms with E-state index in [4.69, 9.17) is 4.74 Å². The Kier molecular flexibility index (Phi) is 6.71. The van der Waals surface area contributed by atoms with Gasteiger partial charge in [0.1, 0.15) is 5.75 Å². The Morgan fingerprint density at radius 2 is 1.72 bits per heavy atom. The van der Waals surface area contributed by atoms with Crippen molar-refractivity contribution in [3.8, 4) is 5.75 Å². The van der Waals surface area contributed by atoms with Crippen molar-refractivity contribution < 1.29 is 14.3 Å². The Balaban J connectivity index is 1.86. The van der Waals surface area contributed by atoms with Crippen LogP contribution in [-0.2, 0) is 4.79 Å². The van der Waals surface area contributed by atoms with E-state index < -0.39 is 0 Å². The lowest BCUT2D eigenvalue weighted by Gasteiger charge is -2.06. The zero-order chi connectivity index (χ0) is 18.2. The normalized spacial score (nSPS) is 10.9. The quantitative estimate of drug-likeness (QED) is 0.571. The van der Waals surface area contributed by atoms with Crippen molar-refractivity contribution >= 4 is 39.1 Å². The number of halogens is 1. The highest BCUT2D eigenvalue weighted by Crippen LogP contribution is 2.14. The minimum absolute atomic E-state index is 0.0823. The lowest BCUT2D eigenvalue weighted by atomic mass is 10.2. The minimum atomic E-state index is -0.352. The Bertz CT molecular complexity index is 771. The van der Waals surface area contributed by atoms with Crippen molar-refractivity contribution in [2.75, 3.05) is 12.4 Å². The van der Waals surface area contributed by atoms with Gasteiger partial charge in [-0.1, -0.05) is 15.9 Å². The molecule has 0 unspecified atom stereocenters. The lowest BCUT2D eigenvalue weighted by Crippen LogP contribution is -2.21. The van der Waals surface area contributed by atoms with E-state index >= 15 is 0 Å². The molecular formula is C18H18BrN3O3.